The number of hydrogen-bond acceptors (Lipinski definition) is 3. The van der Waals surface area contributed by atoms with Crippen LogP contribution >= 0.6 is 0 Å². The average molecular weight is 336 g/mol. The molecule has 1 aliphatic carbocycles. The zero-order valence-corrected chi connectivity index (χ0v) is 15.2. The quantitative estimate of drug-likeness (QED) is 0.715. The molecule has 2 amide bonds. The minimum Gasteiger partial charge on any atom is -0.394 e. The molecule has 136 valence electrons. The van der Waals surface area contributed by atoms with Crippen LogP contribution in [0.2, 0.25) is 0 Å². The first-order valence-corrected chi connectivity index (χ1v) is 9.09. The molecular formula is C18H32N4O2. The molecule has 0 saturated heterocycles. The Morgan fingerprint density at radius 3 is 2.75 bits per heavy atom. The van der Waals surface area contributed by atoms with Gasteiger partial charge in [0.15, 0.2) is 0 Å². The van der Waals surface area contributed by atoms with Crippen LogP contribution in [0.5, 0.6) is 0 Å². The van der Waals surface area contributed by atoms with Crippen molar-refractivity contribution in [1.82, 2.24) is 20.2 Å². The van der Waals surface area contributed by atoms with Crippen molar-refractivity contribution in [1.29, 1.82) is 0 Å². The Morgan fingerprint density at radius 1 is 1.46 bits per heavy atom. The van der Waals surface area contributed by atoms with E-state index in [1.54, 1.807) is 6.20 Å². The van der Waals surface area contributed by atoms with Gasteiger partial charge in [-0.1, -0.05) is 26.2 Å². The van der Waals surface area contributed by atoms with Gasteiger partial charge in [-0.05, 0) is 38.5 Å². The largest absolute Gasteiger partial charge is 0.394 e. The van der Waals surface area contributed by atoms with Crippen LogP contribution in [0.25, 0.3) is 0 Å². The topological polar surface area (TPSA) is 79.2 Å². The number of aliphatic hydroxyl groups excluding tert-OH is 1. The first kappa shape index (κ1) is 18.8. The lowest BCUT2D eigenvalue weighted by Crippen LogP contribution is -2.57. The summed E-state index contributed by atoms with van der Waals surface area (Å²) in [4.78, 5) is 16.5. The summed E-state index contributed by atoms with van der Waals surface area (Å²) in [6.07, 6.45) is 9.53. The summed E-state index contributed by atoms with van der Waals surface area (Å²) in [5, 5.41) is 15.8. The molecule has 2 atom stereocenters. The van der Waals surface area contributed by atoms with E-state index in [2.05, 4.69) is 27.1 Å². The van der Waals surface area contributed by atoms with Gasteiger partial charge in [0.2, 0.25) is 0 Å². The van der Waals surface area contributed by atoms with E-state index in [1.807, 2.05) is 20.0 Å². The Bertz CT molecular complexity index is 525. The molecule has 1 aliphatic rings. The highest BCUT2D eigenvalue weighted by atomic mass is 16.3. The third-order valence-electron chi connectivity index (χ3n) is 5.28. The SMILES string of the molecule is Cc1nccn1C[C@@H](C)CNC(=O)N[C@@](C)(CO)C1CCCCC1. The molecule has 0 aliphatic heterocycles. The van der Waals surface area contributed by atoms with Gasteiger partial charge in [-0.2, -0.15) is 0 Å². The highest BCUT2D eigenvalue weighted by molar-refractivity contribution is 5.74. The molecular weight excluding hydrogens is 304 g/mol. The van der Waals surface area contributed by atoms with Crippen LogP contribution in [0.15, 0.2) is 12.4 Å². The van der Waals surface area contributed by atoms with Gasteiger partial charge in [-0.15, -0.1) is 0 Å². The summed E-state index contributed by atoms with van der Waals surface area (Å²) < 4.78 is 2.09. The molecule has 6 heteroatoms. The Morgan fingerprint density at radius 2 is 2.17 bits per heavy atom. The van der Waals surface area contributed by atoms with E-state index < -0.39 is 5.54 Å². The molecule has 24 heavy (non-hydrogen) atoms. The fraction of sp³-hybridized carbons (Fsp3) is 0.778. The smallest absolute Gasteiger partial charge is 0.315 e. The van der Waals surface area contributed by atoms with E-state index in [9.17, 15) is 9.90 Å². The maximum atomic E-state index is 12.3. The van der Waals surface area contributed by atoms with Gasteiger partial charge < -0.3 is 20.3 Å². The molecule has 0 spiro atoms. The summed E-state index contributed by atoms with van der Waals surface area (Å²) in [7, 11) is 0. The number of nitrogens with one attached hydrogen (secondary N) is 2. The zero-order chi connectivity index (χ0) is 17.6. The zero-order valence-electron chi connectivity index (χ0n) is 15.2. The number of carbonyl (C=O) groups excluding carboxylic acids is 1. The van der Waals surface area contributed by atoms with Gasteiger partial charge in [0.05, 0.1) is 12.1 Å². The van der Waals surface area contributed by atoms with E-state index in [0.717, 1.165) is 25.2 Å². The minimum absolute atomic E-state index is 0.0190. The molecule has 3 N–H and O–H groups in total. The summed E-state index contributed by atoms with van der Waals surface area (Å²) >= 11 is 0. The standard InChI is InChI=1S/C18H32N4O2/c1-14(12-22-10-9-19-15(22)2)11-20-17(24)21-18(3,13-23)16-7-5-4-6-8-16/h9-10,14,16,23H,4-8,11-13H2,1-3H3,(H2,20,21,24)/t14-,18-/m0/s1. The van der Waals surface area contributed by atoms with Crippen LogP contribution < -0.4 is 10.6 Å². The van der Waals surface area contributed by atoms with Crippen molar-refractivity contribution < 1.29 is 9.90 Å². The average Bonchev–Trinajstić information content (AvgIpc) is 2.98. The lowest BCUT2D eigenvalue weighted by molar-refractivity contribution is 0.101. The maximum Gasteiger partial charge on any atom is 0.315 e. The molecule has 0 aromatic carbocycles. The Kier molecular flexibility index (Phi) is 6.66. The van der Waals surface area contributed by atoms with Gasteiger partial charge >= 0.3 is 6.03 Å². The number of hydrogen-bond donors (Lipinski definition) is 3. The van der Waals surface area contributed by atoms with Crippen LogP contribution in [-0.2, 0) is 6.54 Å². The van der Waals surface area contributed by atoms with Crippen molar-refractivity contribution in [3.05, 3.63) is 18.2 Å². The van der Waals surface area contributed by atoms with Gasteiger partial charge in [-0.25, -0.2) is 9.78 Å². The third-order valence-corrected chi connectivity index (χ3v) is 5.28. The normalized spacial score (nSPS) is 19.5. The van der Waals surface area contributed by atoms with Gasteiger partial charge in [-0.3, -0.25) is 0 Å². The van der Waals surface area contributed by atoms with E-state index in [-0.39, 0.29) is 12.6 Å². The number of amides is 2. The minimum atomic E-state index is -0.533. The Balaban J connectivity index is 1.79. The van der Waals surface area contributed by atoms with Crippen LogP contribution in [-0.4, -0.2) is 39.4 Å². The fourth-order valence-corrected chi connectivity index (χ4v) is 3.58. The molecule has 1 fully saturated rings. The Labute approximate surface area is 145 Å². The van der Waals surface area contributed by atoms with Crippen molar-refractivity contribution in [2.24, 2.45) is 11.8 Å². The number of aryl methyl sites for hydroxylation is 1. The van der Waals surface area contributed by atoms with E-state index >= 15 is 0 Å². The number of nitrogens with zero attached hydrogens (tertiary/aromatic N) is 2. The van der Waals surface area contributed by atoms with E-state index in [1.165, 1.54) is 19.3 Å². The van der Waals surface area contributed by atoms with Crippen LogP contribution in [0.3, 0.4) is 0 Å². The van der Waals surface area contributed by atoms with Crippen LogP contribution in [0.1, 0.15) is 51.8 Å². The molecule has 0 bridgehead atoms. The van der Waals surface area contributed by atoms with Crippen molar-refractivity contribution >= 4 is 6.03 Å². The lowest BCUT2D eigenvalue weighted by Gasteiger charge is -2.39. The molecule has 1 aromatic heterocycles. The maximum absolute atomic E-state index is 12.3. The van der Waals surface area contributed by atoms with E-state index in [0.29, 0.717) is 18.4 Å². The molecule has 0 unspecified atom stereocenters. The van der Waals surface area contributed by atoms with Crippen LogP contribution in [0, 0.1) is 18.8 Å². The molecule has 6 nitrogen and oxygen atoms in total. The summed E-state index contributed by atoms with van der Waals surface area (Å²) in [5.41, 5.74) is -0.533. The fourth-order valence-electron chi connectivity index (χ4n) is 3.58. The predicted octanol–water partition coefficient (Wildman–Crippen LogP) is 2.46. The van der Waals surface area contributed by atoms with Crippen LogP contribution in [0.4, 0.5) is 4.79 Å². The number of aromatic nitrogens is 2. The summed E-state index contributed by atoms with van der Waals surface area (Å²) in [5.74, 6) is 1.64. The number of imidazole rings is 1. The first-order chi connectivity index (χ1) is 11.4. The molecule has 2 rings (SSSR count). The number of carbonyl (C=O) groups is 1. The van der Waals surface area contributed by atoms with Gasteiger partial charge in [0.1, 0.15) is 5.82 Å². The van der Waals surface area contributed by atoms with Crippen molar-refractivity contribution in [2.45, 2.75) is 65.0 Å². The first-order valence-electron chi connectivity index (χ1n) is 9.09. The summed E-state index contributed by atoms with van der Waals surface area (Å²) in [6, 6.07) is -0.189. The highest BCUT2D eigenvalue weighted by Gasteiger charge is 2.35. The molecule has 0 radical (unpaired) electrons. The predicted molar refractivity (Wildman–Crippen MR) is 94.7 cm³/mol. The van der Waals surface area contributed by atoms with Gasteiger partial charge in [0.25, 0.3) is 0 Å². The lowest BCUT2D eigenvalue weighted by atomic mass is 9.76. The molecule has 1 heterocycles. The number of aliphatic hydroxyl groups is 1. The number of rotatable bonds is 7. The number of urea groups is 1. The van der Waals surface area contributed by atoms with E-state index in [4.69, 9.17) is 0 Å². The third kappa shape index (κ3) is 4.97. The molecule has 1 aromatic rings. The second-order valence-electron chi connectivity index (χ2n) is 7.48. The van der Waals surface area contributed by atoms with Crippen molar-refractivity contribution in [3.8, 4) is 0 Å². The Hall–Kier alpha value is -1.56. The second kappa shape index (κ2) is 8.51. The monoisotopic (exact) mass is 336 g/mol. The second-order valence-corrected chi connectivity index (χ2v) is 7.48. The van der Waals surface area contributed by atoms with Gasteiger partial charge in [0, 0.05) is 25.5 Å². The molecule has 1 saturated carbocycles. The highest BCUT2D eigenvalue weighted by Crippen LogP contribution is 2.32. The van der Waals surface area contributed by atoms with Crippen molar-refractivity contribution in [3.63, 3.8) is 0 Å². The summed E-state index contributed by atoms with van der Waals surface area (Å²) in [6.45, 7) is 7.44. The van der Waals surface area contributed by atoms with Crippen molar-refractivity contribution in [2.75, 3.05) is 13.2 Å².